The van der Waals surface area contributed by atoms with Gasteiger partial charge >= 0.3 is 7.82 Å². The van der Waals surface area contributed by atoms with Crippen LogP contribution in [0.1, 0.15) is 22.3 Å². The van der Waals surface area contributed by atoms with Crippen LogP contribution in [0.15, 0.2) is 48.5 Å². The Bertz CT molecular complexity index is 1060. The van der Waals surface area contributed by atoms with Gasteiger partial charge in [-0.05, 0) is 73.2 Å². The molecule has 0 saturated heterocycles. The Balaban J connectivity index is 2.39. The topological polar surface area (TPSA) is 87.0 Å². The Morgan fingerprint density at radius 1 is 0.714 bits per heavy atom. The summed E-state index contributed by atoms with van der Waals surface area (Å²) in [6.07, 6.45) is 0. The molecule has 3 aromatic rings. The summed E-state index contributed by atoms with van der Waals surface area (Å²) in [5, 5.41) is 11.2. The fraction of sp³-hybridized carbons (Fsp3) is 0.182. The summed E-state index contributed by atoms with van der Waals surface area (Å²) in [5.74, 6) is -0.126. The maximum absolute atomic E-state index is 11.5. The Labute approximate surface area is 164 Å². The molecule has 0 amide bonds. The Hall–Kier alpha value is -2.59. The highest BCUT2D eigenvalue weighted by Gasteiger charge is 2.25. The second-order valence-electron chi connectivity index (χ2n) is 6.95. The molecular weight excluding hydrogens is 375 g/mol. The normalized spacial score (nSPS) is 11.5. The molecule has 0 aliphatic carbocycles. The van der Waals surface area contributed by atoms with E-state index < -0.39 is 7.82 Å². The van der Waals surface area contributed by atoms with Gasteiger partial charge in [0.1, 0.15) is 11.5 Å². The molecule has 28 heavy (non-hydrogen) atoms. The first kappa shape index (κ1) is 20.2. The molecule has 0 heterocycles. The molecule has 5 nitrogen and oxygen atoms in total. The highest BCUT2D eigenvalue weighted by molar-refractivity contribution is 7.46. The number of phenolic OH excluding ortho intramolecular Hbond substituents is 1. The standard InChI is InChI=1S/C22H23O5P/c1-13-7-5-8-14(2)19(13)17-11-12-18(27-28(24,25)26)21(22(17)23)20-15(3)9-6-10-16(20)4/h5-12,23H,1-4H3,(H2,24,25,26). The van der Waals surface area contributed by atoms with Crippen molar-refractivity contribution in [2.24, 2.45) is 0 Å². The summed E-state index contributed by atoms with van der Waals surface area (Å²) in [6, 6.07) is 14.7. The van der Waals surface area contributed by atoms with E-state index in [1.54, 1.807) is 6.07 Å². The van der Waals surface area contributed by atoms with Gasteiger partial charge in [0.2, 0.25) is 0 Å². The van der Waals surface area contributed by atoms with Crippen molar-refractivity contribution in [3.05, 3.63) is 70.8 Å². The number of phosphoric ester groups is 1. The summed E-state index contributed by atoms with van der Waals surface area (Å²) in [5.41, 5.74) is 6.16. The van der Waals surface area contributed by atoms with Crippen molar-refractivity contribution in [3.8, 4) is 33.8 Å². The molecule has 0 aromatic heterocycles. The van der Waals surface area contributed by atoms with Gasteiger partial charge in [-0.15, -0.1) is 0 Å². The molecule has 0 atom stereocenters. The van der Waals surface area contributed by atoms with Gasteiger partial charge in [-0.25, -0.2) is 4.57 Å². The van der Waals surface area contributed by atoms with Crippen LogP contribution in [-0.4, -0.2) is 14.9 Å². The van der Waals surface area contributed by atoms with E-state index in [9.17, 15) is 19.5 Å². The zero-order valence-electron chi connectivity index (χ0n) is 16.2. The molecule has 3 N–H and O–H groups in total. The molecule has 146 valence electrons. The zero-order chi connectivity index (χ0) is 20.6. The molecule has 3 rings (SSSR count). The second-order valence-corrected chi connectivity index (χ2v) is 8.11. The molecule has 3 aromatic carbocycles. The Morgan fingerprint density at radius 3 is 1.64 bits per heavy atom. The molecular formula is C22H23O5P. The molecule has 0 saturated carbocycles. The first-order chi connectivity index (χ1) is 13.1. The van der Waals surface area contributed by atoms with Crippen molar-refractivity contribution < 1.29 is 24.0 Å². The molecule has 6 heteroatoms. The van der Waals surface area contributed by atoms with E-state index in [2.05, 4.69) is 0 Å². The average molecular weight is 398 g/mol. The minimum atomic E-state index is -4.80. The smallest absolute Gasteiger partial charge is 0.507 e. The lowest BCUT2D eigenvalue weighted by atomic mass is 9.89. The molecule has 0 spiro atoms. The number of aryl methyl sites for hydroxylation is 4. The summed E-state index contributed by atoms with van der Waals surface area (Å²) < 4.78 is 16.5. The first-order valence-corrected chi connectivity index (χ1v) is 10.4. The lowest BCUT2D eigenvalue weighted by Crippen LogP contribution is -1.98. The monoisotopic (exact) mass is 398 g/mol. The maximum Gasteiger partial charge on any atom is 0.524 e. The number of phenols is 1. The summed E-state index contributed by atoms with van der Waals surface area (Å²) in [7, 11) is -4.80. The quantitative estimate of drug-likeness (QED) is 0.510. The molecule has 0 aliphatic rings. The predicted octanol–water partition coefficient (Wildman–Crippen LogP) is 5.43. The van der Waals surface area contributed by atoms with Crippen LogP contribution in [0.5, 0.6) is 11.5 Å². The van der Waals surface area contributed by atoms with E-state index in [0.29, 0.717) is 11.1 Å². The highest BCUT2D eigenvalue weighted by atomic mass is 31.2. The number of rotatable bonds is 4. The zero-order valence-corrected chi connectivity index (χ0v) is 17.1. The maximum atomic E-state index is 11.5. The molecule has 0 unspecified atom stereocenters. The van der Waals surface area contributed by atoms with Crippen LogP contribution in [0, 0.1) is 27.7 Å². The van der Waals surface area contributed by atoms with E-state index in [1.165, 1.54) is 6.07 Å². The predicted molar refractivity (Wildman–Crippen MR) is 111 cm³/mol. The van der Waals surface area contributed by atoms with Crippen molar-refractivity contribution in [2.75, 3.05) is 0 Å². The minimum absolute atomic E-state index is 0.0572. The summed E-state index contributed by atoms with van der Waals surface area (Å²) in [6.45, 7) is 7.69. The van der Waals surface area contributed by atoms with Gasteiger partial charge in [0, 0.05) is 5.56 Å². The summed E-state index contributed by atoms with van der Waals surface area (Å²) >= 11 is 0. The largest absolute Gasteiger partial charge is 0.524 e. The van der Waals surface area contributed by atoms with Crippen LogP contribution in [-0.2, 0) is 4.57 Å². The lowest BCUT2D eigenvalue weighted by Gasteiger charge is -2.20. The van der Waals surface area contributed by atoms with Crippen molar-refractivity contribution in [3.63, 3.8) is 0 Å². The fourth-order valence-electron chi connectivity index (χ4n) is 3.67. The van der Waals surface area contributed by atoms with Crippen LogP contribution in [0.4, 0.5) is 0 Å². The molecule has 0 aliphatic heterocycles. The minimum Gasteiger partial charge on any atom is -0.507 e. The van der Waals surface area contributed by atoms with Crippen LogP contribution in [0.3, 0.4) is 0 Å². The third-order valence-corrected chi connectivity index (χ3v) is 5.27. The van der Waals surface area contributed by atoms with Gasteiger partial charge in [0.05, 0.1) is 5.56 Å². The van der Waals surface area contributed by atoms with E-state index in [0.717, 1.165) is 27.8 Å². The van der Waals surface area contributed by atoms with Crippen molar-refractivity contribution in [1.82, 2.24) is 0 Å². The van der Waals surface area contributed by atoms with Gasteiger partial charge in [-0.2, -0.15) is 0 Å². The average Bonchev–Trinajstić information content (AvgIpc) is 2.57. The fourth-order valence-corrected chi connectivity index (χ4v) is 4.08. The van der Waals surface area contributed by atoms with E-state index in [1.807, 2.05) is 64.1 Å². The number of benzene rings is 3. The number of phosphoric acid groups is 1. The Kier molecular flexibility index (Phi) is 5.35. The lowest BCUT2D eigenvalue weighted by molar-refractivity contribution is 0.283. The molecule has 0 radical (unpaired) electrons. The molecule has 0 bridgehead atoms. The first-order valence-electron chi connectivity index (χ1n) is 8.84. The third kappa shape index (κ3) is 3.83. The van der Waals surface area contributed by atoms with Gasteiger partial charge in [-0.3, -0.25) is 9.79 Å². The van der Waals surface area contributed by atoms with Crippen molar-refractivity contribution in [1.29, 1.82) is 0 Å². The number of aromatic hydroxyl groups is 1. The van der Waals surface area contributed by atoms with Gasteiger partial charge in [0.15, 0.2) is 0 Å². The van der Waals surface area contributed by atoms with Gasteiger partial charge in [0.25, 0.3) is 0 Å². The third-order valence-electron chi connectivity index (χ3n) is 4.84. The highest BCUT2D eigenvalue weighted by Crippen LogP contribution is 2.51. The van der Waals surface area contributed by atoms with E-state index in [4.69, 9.17) is 4.52 Å². The van der Waals surface area contributed by atoms with Crippen molar-refractivity contribution >= 4 is 7.82 Å². The number of hydrogen-bond acceptors (Lipinski definition) is 3. The van der Waals surface area contributed by atoms with Gasteiger partial charge in [-0.1, -0.05) is 36.4 Å². The SMILES string of the molecule is Cc1cccc(C)c1-c1ccc(OP(=O)(O)O)c(-c2c(C)cccc2C)c1O. The van der Waals surface area contributed by atoms with Crippen LogP contribution < -0.4 is 4.52 Å². The van der Waals surface area contributed by atoms with Gasteiger partial charge < -0.3 is 9.63 Å². The van der Waals surface area contributed by atoms with Crippen LogP contribution in [0.25, 0.3) is 22.3 Å². The Morgan fingerprint density at radius 2 is 1.18 bits per heavy atom. The van der Waals surface area contributed by atoms with Crippen molar-refractivity contribution in [2.45, 2.75) is 27.7 Å². The van der Waals surface area contributed by atoms with Crippen LogP contribution >= 0.6 is 7.82 Å². The number of hydrogen-bond donors (Lipinski definition) is 3. The summed E-state index contributed by atoms with van der Waals surface area (Å²) in [4.78, 5) is 18.7. The van der Waals surface area contributed by atoms with E-state index >= 15 is 0 Å². The van der Waals surface area contributed by atoms with E-state index in [-0.39, 0.29) is 17.1 Å². The molecule has 0 fully saturated rings. The second kappa shape index (κ2) is 7.44. The van der Waals surface area contributed by atoms with Crippen LogP contribution in [0.2, 0.25) is 0 Å².